The highest BCUT2D eigenvalue weighted by Crippen LogP contribution is 2.53. The van der Waals surface area contributed by atoms with Crippen LogP contribution in [0.25, 0.3) is 0 Å². The molecule has 0 spiro atoms. The fraction of sp³-hybridized carbons (Fsp3) is 0.0606. The van der Waals surface area contributed by atoms with Crippen LogP contribution in [-0.4, -0.2) is 16.0 Å². The lowest BCUT2D eigenvalue weighted by Crippen LogP contribution is -2.54. The van der Waals surface area contributed by atoms with Crippen LogP contribution in [0.4, 0.5) is 0 Å². The number of rotatable bonds is 5. The molecular weight excluding hydrogens is 440 g/mol. The van der Waals surface area contributed by atoms with E-state index in [0.29, 0.717) is 0 Å². The third-order valence-corrected chi connectivity index (χ3v) is 7.02. The summed E-state index contributed by atoms with van der Waals surface area (Å²) in [6, 6.07) is 50.6. The monoisotopic (exact) mass is 466 g/mol. The Morgan fingerprint density at radius 2 is 0.778 bits per heavy atom. The van der Waals surface area contributed by atoms with Gasteiger partial charge in [0.1, 0.15) is 5.54 Å². The van der Waals surface area contributed by atoms with Gasteiger partial charge >= 0.3 is 0 Å². The molecule has 5 aromatic rings. The Balaban J connectivity index is 1.77. The molecule has 0 saturated carbocycles. The van der Waals surface area contributed by atoms with Crippen molar-refractivity contribution in [1.82, 2.24) is 5.06 Å². The minimum Gasteiger partial charge on any atom is -0.309 e. The van der Waals surface area contributed by atoms with E-state index in [1.54, 1.807) is 0 Å². The molecule has 3 nitrogen and oxygen atoms in total. The Kier molecular flexibility index (Phi) is 5.57. The molecule has 0 aromatic heterocycles. The van der Waals surface area contributed by atoms with E-state index in [4.69, 9.17) is 4.99 Å². The molecule has 3 heteroatoms. The van der Waals surface area contributed by atoms with Crippen molar-refractivity contribution in [1.29, 1.82) is 0 Å². The van der Waals surface area contributed by atoms with E-state index in [-0.39, 0.29) is 0 Å². The van der Waals surface area contributed by atoms with Crippen molar-refractivity contribution in [3.8, 4) is 0 Å². The topological polar surface area (TPSA) is 35.8 Å². The van der Waals surface area contributed by atoms with Crippen molar-refractivity contribution in [3.05, 3.63) is 179 Å². The van der Waals surface area contributed by atoms with Crippen LogP contribution in [0.15, 0.2) is 157 Å². The van der Waals surface area contributed by atoms with Crippen LogP contribution < -0.4 is 0 Å². The highest BCUT2D eigenvalue weighted by atomic mass is 16.5. The van der Waals surface area contributed by atoms with E-state index >= 15 is 0 Å². The predicted molar refractivity (Wildman–Crippen MR) is 144 cm³/mol. The molecule has 0 amide bonds. The van der Waals surface area contributed by atoms with Crippen molar-refractivity contribution in [3.63, 3.8) is 0 Å². The van der Waals surface area contributed by atoms with Crippen LogP contribution in [-0.2, 0) is 11.2 Å². The largest absolute Gasteiger partial charge is 0.309 e. The number of aliphatic imine (C=N–C) groups is 1. The molecule has 5 aromatic carbocycles. The van der Waals surface area contributed by atoms with E-state index in [9.17, 15) is 5.21 Å². The molecule has 0 bridgehead atoms. The first-order valence-corrected chi connectivity index (χ1v) is 12.1. The number of nitrogens with zero attached hydrogens (tertiary/aromatic N) is 2. The Morgan fingerprint density at radius 1 is 0.444 bits per heavy atom. The normalized spacial score (nSPS) is 16.4. The Hall–Kier alpha value is -4.31. The lowest BCUT2D eigenvalue weighted by molar-refractivity contribution is -0.191. The van der Waals surface area contributed by atoms with Crippen LogP contribution in [0, 0.1) is 0 Å². The zero-order valence-electron chi connectivity index (χ0n) is 19.8. The number of hydroxylamine groups is 2. The summed E-state index contributed by atoms with van der Waals surface area (Å²) < 4.78 is 0. The van der Waals surface area contributed by atoms with Crippen molar-refractivity contribution in [2.45, 2.75) is 11.2 Å². The average Bonchev–Trinajstić information content (AvgIpc) is 3.26. The maximum Gasteiger partial charge on any atom is 0.188 e. The second-order valence-corrected chi connectivity index (χ2v) is 8.98. The minimum atomic E-state index is -1.17. The van der Waals surface area contributed by atoms with Gasteiger partial charge in [-0.2, -0.15) is 0 Å². The molecule has 1 heterocycles. The summed E-state index contributed by atoms with van der Waals surface area (Å²) in [6.45, 7) is 0. The van der Waals surface area contributed by atoms with Crippen molar-refractivity contribution in [2.24, 2.45) is 4.99 Å². The van der Waals surface area contributed by atoms with Crippen LogP contribution in [0.5, 0.6) is 0 Å². The van der Waals surface area contributed by atoms with E-state index in [1.807, 2.05) is 115 Å². The standard InChI is InChI=1S/C33H26N2O/c36-35-32(27-18-8-2-9-19-27,28-20-10-3-11-21-28)31(26-16-6-1-7-17-26)34-33(35,29-22-12-4-13-23-29)30-24-14-5-15-25-30/h1-25,36H. The van der Waals surface area contributed by atoms with Crippen LogP contribution in [0.3, 0.4) is 0 Å². The lowest BCUT2D eigenvalue weighted by Gasteiger charge is -2.43. The van der Waals surface area contributed by atoms with Crippen molar-refractivity contribution < 1.29 is 5.21 Å². The molecule has 1 aliphatic heterocycles. The molecule has 36 heavy (non-hydrogen) atoms. The molecule has 0 saturated heterocycles. The molecule has 1 aliphatic rings. The summed E-state index contributed by atoms with van der Waals surface area (Å²) in [6.07, 6.45) is 0. The summed E-state index contributed by atoms with van der Waals surface area (Å²) in [7, 11) is 0. The molecule has 174 valence electrons. The second kappa shape index (κ2) is 9.04. The van der Waals surface area contributed by atoms with Gasteiger partial charge in [0.05, 0.1) is 5.71 Å². The van der Waals surface area contributed by atoms with Crippen LogP contribution >= 0.6 is 0 Å². The van der Waals surface area contributed by atoms with Gasteiger partial charge in [-0.1, -0.05) is 152 Å². The zero-order valence-corrected chi connectivity index (χ0v) is 19.8. The Bertz CT molecular complexity index is 1390. The van der Waals surface area contributed by atoms with Gasteiger partial charge in [0, 0.05) is 11.1 Å². The molecule has 0 atom stereocenters. The van der Waals surface area contributed by atoms with Gasteiger partial charge in [0.2, 0.25) is 0 Å². The smallest absolute Gasteiger partial charge is 0.188 e. The van der Waals surface area contributed by atoms with Crippen LogP contribution in [0.1, 0.15) is 27.8 Å². The van der Waals surface area contributed by atoms with Gasteiger partial charge in [-0.3, -0.25) is 4.99 Å². The fourth-order valence-electron chi connectivity index (χ4n) is 5.43. The quantitative estimate of drug-likeness (QED) is 0.302. The van der Waals surface area contributed by atoms with E-state index in [2.05, 4.69) is 36.4 Å². The SMILES string of the molecule is ON1C(c2ccccc2)(c2ccccc2)N=C(c2ccccc2)C1(c1ccccc1)c1ccccc1. The summed E-state index contributed by atoms with van der Waals surface area (Å²) in [5.41, 5.74) is 3.18. The first kappa shape index (κ1) is 22.2. The summed E-state index contributed by atoms with van der Waals surface area (Å²) >= 11 is 0. The predicted octanol–water partition coefficient (Wildman–Crippen LogP) is 7.03. The first-order chi connectivity index (χ1) is 17.8. The third kappa shape index (κ3) is 3.25. The average molecular weight is 467 g/mol. The number of benzene rings is 5. The van der Waals surface area contributed by atoms with Gasteiger partial charge in [-0.05, 0) is 16.7 Å². The highest BCUT2D eigenvalue weighted by Gasteiger charge is 2.60. The first-order valence-electron chi connectivity index (χ1n) is 12.1. The van der Waals surface area contributed by atoms with Crippen molar-refractivity contribution >= 4 is 5.71 Å². The third-order valence-electron chi connectivity index (χ3n) is 7.02. The molecule has 0 fully saturated rings. The zero-order chi connectivity index (χ0) is 24.4. The maximum absolute atomic E-state index is 12.7. The lowest BCUT2D eigenvalue weighted by atomic mass is 9.76. The molecular formula is C33H26N2O. The summed E-state index contributed by atoms with van der Waals surface area (Å²) in [5.74, 6) is 0. The summed E-state index contributed by atoms with van der Waals surface area (Å²) in [5, 5.41) is 14.2. The van der Waals surface area contributed by atoms with Gasteiger partial charge < -0.3 is 5.21 Å². The van der Waals surface area contributed by atoms with Gasteiger partial charge in [0.15, 0.2) is 5.66 Å². The summed E-state index contributed by atoms with van der Waals surface area (Å²) in [4.78, 5) is 5.51. The maximum atomic E-state index is 12.7. The number of hydrogen-bond donors (Lipinski definition) is 1. The molecule has 0 unspecified atom stereocenters. The number of hydrogen-bond acceptors (Lipinski definition) is 3. The van der Waals surface area contributed by atoms with Gasteiger partial charge in [-0.25, -0.2) is 0 Å². The molecule has 0 radical (unpaired) electrons. The van der Waals surface area contributed by atoms with E-state index < -0.39 is 11.2 Å². The van der Waals surface area contributed by atoms with Gasteiger partial charge in [0.25, 0.3) is 0 Å². The molecule has 1 N–H and O–H groups in total. The van der Waals surface area contributed by atoms with Gasteiger partial charge in [-0.15, -0.1) is 5.06 Å². The minimum absolute atomic E-state index is 0.788. The second-order valence-electron chi connectivity index (χ2n) is 8.98. The Morgan fingerprint density at radius 3 is 1.17 bits per heavy atom. The van der Waals surface area contributed by atoms with E-state index in [0.717, 1.165) is 33.5 Å². The van der Waals surface area contributed by atoms with Crippen LogP contribution in [0.2, 0.25) is 0 Å². The molecule has 6 rings (SSSR count). The van der Waals surface area contributed by atoms with Crippen molar-refractivity contribution in [2.75, 3.05) is 0 Å². The highest BCUT2D eigenvalue weighted by molar-refractivity contribution is 6.11. The van der Waals surface area contributed by atoms with E-state index in [1.165, 1.54) is 5.06 Å². The fourth-order valence-corrected chi connectivity index (χ4v) is 5.43. The Labute approximate surface area is 211 Å². The molecule has 0 aliphatic carbocycles.